The molecule has 0 fully saturated rings. The average molecular weight is 114 g/mol. The van der Waals surface area contributed by atoms with Gasteiger partial charge in [0.1, 0.15) is 0 Å². The molecule has 0 amide bonds. The molecular weight excluding hydrogens is 100 g/mol. The van der Waals surface area contributed by atoms with Crippen molar-refractivity contribution in [1.29, 1.82) is 0 Å². The monoisotopic (exact) mass is 114 g/mol. The zero-order chi connectivity index (χ0) is 6.73. The van der Waals surface area contributed by atoms with Gasteiger partial charge < -0.3 is 11.5 Å². The van der Waals surface area contributed by atoms with Crippen molar-refractivity contribution in [3.63, 3.8) is 0 Å². The van der Waals surface area contributed by atoms with Crippen molar-refractivity contribution < 1.29 is 0 Å². The highest BCUT2D eigenvalue weighted by Crippen LogP contribution is 1.99. The first-order valence-electron chi connectivity index (χ1n) is 2.74. The van der Waals surface area contributed by atoms with Gasteiger partial charge in [0.25, 0.3) is 0 Å². The SMILES string of the molecule is C/C(N)=C(\C)C(C)N. The van der Waals surface area contributed by atoms with E-state index >= 15 is 0 Å². The van der Waals surface area contributed by atoms with Crippen molar-refractivity contribution in [3.8, 4) is 0 Å². The fraction of sp³-hybridized carbons (Fsp3) is 0.667. The zero-order valence-corrected chi connectivity index (χ0v) is 5.73. The van der Waals surface area contributed by atoms with E-state index in [1.807, 2.05) is 20.8 Å². The maximum atomic E-state index is 5.50. The second kappa shape index (κ2) is 2.72. The third-order valence-corrected chi connectivity index (χ3v) is 1.31. The number of allylic oxidation sites excluding steroid dienone is 1. The van der Waals surface area contributed by atoms with E-state index in [4.69, 9.17) is 11.5 Å². The molecule has 0 aliphatic carbocycles. The maximum Gasteiger partial charge on any atom is 0.0241 e. The summed E-state index contributed by atoms with van der Waals surface area (Å²) in [6.45, 7) is 5.73. The molecule has 48 valence electrons. The number of hydrogen-bond acceptors (Lipinski definition) is 2. The Bertz CT molecular complexity index is 99.1. The zero-order valence-electron chi connectivity index (χ0n) is 5.73. The lowest BCUT2D eigenvalue weighted by Gasteiger charge is -2.05. The molecule has 0 aromatic rings. The molecule has 0 heterocycles. The molecule has 1 unspecified atom stereocenters. The highest BCUT2D eigenvalue weighted by Gasteiger charge is 1.96. The van der Waals surface area contributed by atoms with Crippen LogP contribution in [-0.2, 0) is 0 Å². The van der Waals surface area contributed by atoms with Gasteiger partial charge in [0.05, 0.1) is 0 Å². The number of hydrogen-bond donors (Lipinski definition) is 2. The molecule has 0 saturated heterocycles. The van der Waals surface area contributed by atoms with Crippen molar-refractivity contribution in [2.75, 3.05) is 0 Å². The molecule has 1 atom stereocenters. The van der Waals surface area contributed by atoms with Crippen LogP contribution in [0, 0.1) is 0 Å². The summed E-state index contributed by atoms with van der Waals surface area (Å²) in [4.78, 5) is 0. The van der Waals surface area contributed by atoms with Gasteiger partial charge in [0.2, 0.25) is 0 Å². The quantitative estimate of drug-likeness (QED) is 0.524. The van der Waals surface area contributed by atoms with Crippen LogP contribution in [0.25, 0.3) is 0 Å². The molecule has 0 aromatic carbocycles. The van der Waals surface area contributed by atoms with Crippen molar-refractivity contribution in [2.24, 2.45) is 11.5 Å². The molecule has 0 saturated carbocycles. The minimum absolute atomic E-state index is 0.0972. The molecule has 0 aliphatic heterocycles. The Morgan fingerprint density at radius 2 is 1.75 bits per heavy atom. The first-order chi connectivity index (χ1) is 3.55. The van der Waals surface area contributed by atoms with Crippen LogP contribution >= 0.6 is 0 Å². The van der Waals surface area contributed by atoms with Gasteiger partial charge in [-0.05, 0) is 26.3 Å². The third kappa shape index (κ3) is 1.98. The van der Waals surface area contributed by atoms with Crippen LogP contribution in [0.4, 0.5) is 0 Å². The van der Waals surface area contributed by atoms with E-state index in [-0.39, 0.29) is 6.04 Å². The lowest BCUT2D eigenvalue weighted by molar-refractivity contribution is 0.841. The van der Waals surface area contributed by atoms with Gasteiger partial charge >= 0.3 is 0 Å². The Morgan fingerprint density at radius 1 is 1.38 bits per heavy atom. The molecule has 0 bridgehead atoms. The van der Waals surface area contributed by atoms with E-state index < -0.39 is 0 Å². The molecule has 2 heteroatoms. The summed E-state index contributed by atoms with van der Waals surface area (Å²) in [5, 5.41) is 0. The Kier molecular flexibility index (Phi) is 2.55. The van der Waals surface area contributed by atoms with Crippen molar-refractivity contribution >= 4 is 0 Å². The molecule has 4 N–H and O–H groups in total. The molecule has 0 radical (unpaired) electrons. The summed E-state index contributed by atoms with van der Waals surface area (Å²) in [6, 6.07) is 0.0972. The minimum atomic E-state index is 0.0972. The van der Waals surface area contributed by atoms with Crippen LogP contribution in [0.2, 0.25) is 0 Å². The van der Waals surface area contributed by atoms with Crippen LogP contribution < -0.4 is 11.5 Å². The molecule has 0 aliphatic rings. The van der Waals surface area contributed by atoms with E-state index in [1.54, 1.807) is 0 Å². The third-order valence-electron chi connectivity index (χ3n) is 1.31. The lowest BCUT2D eigenvalue weighted by Crippen LogP contribution is -2.19. The molecule has 0 aromatic heterocycles. The summed E-state index contributed by atoms with van der Waals surface area (Å²) in [6.07, 6.45) is 0. The van der Waals surface area contributed by atoms with E-state index in [0.717, 1.165) is 11.3 Å². The van der Waals surface area contributed by atoms with Gasteiger partial charge in [-0.2, -0.15) is 0 Å². The Morgan fingerprint density at radius 3 is 1.75 bits per heavy atom. The fourth-order valence-corrected chi connectivity index (χ4v) is 0.359. The lowest BCUT2D eigenvalue weighted by atomic mass is 10.1. The first kappa shape index (κ1) is 7.50. The van der Waals surface area contributed by atoms with Gasteiger partial charge in [-0.3, -0.25) is 0 Å². The van der Waals surface area contributed by atoms with Crippen LogP contribution in [0.15, 0.2) is 11.3 Å². The van der Waals surface area contributed by atoms with Gasteiger partial charge in [0, 0.05) is 11.7 Å². The second-order valence-electron chi connectivity index (χ2n) is 2.15. The van der Waals surface area contributed by atoms with E-state index in [9.17, 15) is 0 Å². The summed E-state index contributed by atoms with van der Waals surface area (Å²) in [7, 11) is 0. The van der Waals surface area contributed by atoms with Crippen molar-refractivity contribution in [1.82, 2.24) is 0 Å². The normalized spacial score (nSPS) is 17.5. The molecule has 0 rings (SSSR count). The van der Waals surface area contributed by atoms with E-state index in [0.29, 0.717) is 0 Å². The van der Waals surface area contributed by atoms with E-state index in [2.05, 4.69) is 0 Å². The summed E-state index contributed by atoms with van der Waals surface area (Å²) < 4.78 is 0. The smallest absolute Gasteiger partial charge is 0.0241 e. The van der Waals surface area contributed by atoms with Gasteiger partial charge in [0.15, 0.2) is 0 Å². The van der Waals surface area contributed by atoms with E-state index in [1.165, 1.54) is 0 Å². The summed E-state index contributed by atoms with van der Waals surface area (Å²) >= 11 is 0. The predicted molar refractivity (Wildman–Crippen MR) is 36.2 cm³/mol. The highest BCUT2D eigenvalue weighted by molar-refractivity contribution is 5.10. The first-order valence-corrected chi connectivity index (χ1v) is 2.74. The number of rotatable bonds is 1. The summed E-state index contributed by atoms with van der Waals surface area (Å²) in [5.41, 5.74) is 12.8. The standard InChI is InChI=1S/C6H14N2/c1-4(5(2)7)6(3)8/h5H,7-8H2,1-3H3/b6-4-. The van der Waals surface area contributed by atoms with Gasteiger partial charge in [-0.25, -0.2) is 0 Å². The average Bonchev–Trinajstić information content (AvgIpc) is 1.64. The molecule has 0 spiro atoms. The van der Waals surface area contributed by atoms with Crippen LogP contribution in [0.1, 0.15) is 20.8 Å². The van der Waals surface area contributed by atoms with Crippen LogP contribution in [-0.4, -0.2) is 6.04 Å². The minimum Gasteiger partial charge on any atom is -0.402 e. The largest absolute Gasteiger partial charge is 0.402 e. The van der Waals surface area contributed by atoms with Crippen LogP contribution in [0.5, 0.6) is 0 Å². The Balaban J connectivity index is 4.00. The molecule has 2 nitrogen and oxygen atoms in total. The maximum absolute atomic E-state index is 5.50. The summed E-state index contributed by atoms with van der Waals surface area (Å²) in [5.74, 6) is 0. The Labute approximate surface area is 50.6 Å². The van der Waals surface area contributed by atoms with Crippen LogP contribution in [0.3, 0.4) is 0 Å². The fourth-order valence-electron chi connectivity index (χ4n) is 0.359. The topological polar surface area (TPSA) is 52.0 Å². The van der Waals surface area contributed by atoms with Crippen molar-refractivity contribution in [2.45, 2.75) is 26.8 Å². The second-order valence-corrected chi connectivity index (χ2v) is 2.15. The molecular formula is C6H14N2. The molecule has 8 heavy (non-hydrogen) atoms. The van der Waals surface area contributed by atoms with Gasteiger partial charge in [-0.1, -0.05) is 0 Å². The van der Waals surface area contributed by atoms with Gasteiger partial charge in [-0.15, -0.1) is 0 Å². The van der Waals surface area contributed by atoms with Crippen molar-refractivity contribution in [3.05, 3.63) is 11.3 Å². The Hall–Kier alpha value is -0.500. The predicted octanol–water partition coefficient (Wildman–Crippen LogP) is 0.586. The highest BCUT2D eigenvalue weighted by atomic mass is 14.6. The number of nitrogens with two attached hydrogens (primary N) is 2.